The molecule has 1 rings (SSSR count). The Bertz CT molecular complexity index is 370. The van der Waals surface area contributed by atoms with Gasteiger partial charge in [0.1, 0.15) is 0 Å². The highest BCUT2D eigenvalue weighted by molar-refractivity contribution is 7.86. The van der Waals surface area contributed by atoms with E-state index in [1.807, 2.05) is 13.8 Å². The first kappa shape index (κ1) is 14.4. The molecule has 0 heterocycles. The van der Waals surface area contributed by atoms with E-state index in [2.05, 4.69) is 4.18 Å². The molecular formula is C10H15ClO3S. The van der Waals surface area contributed by atoms with Crippen molar-refractivity contribution in [1.29, 1.82) is 0 Å². The van der Waals surface area contributed by atoms with Crippen molar-refractivity contribution in [2.24, 2.45) is 0 Å². The van der Waals surface area contributed by atoms with Crippen molar-refractivity contribution >= 4 is 21.7 Å². The molecule has 0 saturated carbocycles. The molecule has 86 valence electrons. The molecule has 0 aliphatic heterocycles. The number of aryl methyl sites for hydroxylation is 1. The first-order chi connectivity index (χ1) is 6.97. The summed E-state index contributed by atoms with van der Waals surface area (Å²) in [6.45, 7) is 3.78. The van der Waals surface area contributed by atoms with Crippen LogP contribution in [0.5, 0.6) is 0 Å². The third-order valence-corrected chi connectivity index (χ3v) is 2.82. The third kappa shape index (κ3) is 5.16. The second-order valence-corrected chi connectivity index (χ2v) is 4.95. The molecular weight excluding hydrogens is 236 g/mol. The van der Waals surface area contributed by atoms with Crippen LogP contribution in [-0.4, -0.2) is 21.4 Å². The van der Waals surface area contributed by atoms with E-state index in [1.54, 1.807) is 12.1 Å². The van der Waals surface area contributed by atoms with Crippen molar-refractivity contribution in [2.45, 2.75) is 18.7 Å². The SMILES string of the molecule is CCCl.COS(=O)(=O)c1ccc(C)cc1. The number of hydrogen-bond donors (Lipinski definition) is 0. The van der Waals surface area contributed by atoms with Crippen LogP contribution in [0, 0.1) is 6.92 Å². The Morgan fingerprint density at radius 1 is 1.27 bits per heavy atom. The molecule has 0 spiro atoms. The zero-order chi connectivity index (χ0) is 11.9. The number of benzene rings is 1. The maximum atomic E-state index is 11.1. The highest BCUT2D eigenvalue weighted by atomic mass is 35.5. The minimum absolute atomic E-state index is 0.190. The van der Waals surface area contributed by atoms with Gasteiger partial charge in [0, 0.05) is 5.88 Å². The number of rotatable bonds is 2. The van der Waals surface area contributed by atoms with E-state index >= 15 is 0 Å². The van der Waals surface area contributed by atoms with E-state index in [0.717, 1.165) is 18.6 Å². The van der Waals surface area contributed by atoms with Crippen LogP contribution in [-0.2, 0) is 14.3 Å². The molecule has 3 nitrogen and oxygen atoms in total. The summed E-state index contributed by atoms with van der Waals surface area (Å²) in [5.41, 5.74) is 1.02. The van der Waals surface area contributed by atoms with Gasteiger partial charge in [-0.25, -0.2) is 0 Å². The van der Waals surface area contributed by atoms with Crippen molar-refractivity contribution in [3.05, 3.63) is 29.8 Å². The summed E-state index contributed by atoms with van der Waals surface area (Å²) >= 11 is 5.00. The molecule has 0 atom stereocenters. The summed E-state index contributed by atoms with van der Waals surface area (Å²) in [6.07, 6.45) is 0. The van der Waals surface area contributed by atoms with Gasteiger partial charge in [0.2, 0.25) is 0 Å². The fourth-order valence-corrected chi connectivity index (χ4v) is 1.46. The second kappa shape index (κ2) is 6.82. The van der Waals surface area contributed by atoms with Crippen molar-refractivity contribution in [3.63, 3.8) is 0 Å². The van der Waals surface area contributed by atoms with Crippen LogP contribution in [0.4, 0.5) is 0 Å². The van der Waals surface area contributed by atoms with Crippen LogP contribution >= 0.6 is 11.6 Å². The zero-order valence-electron chi connectivity index (χ0n) is 9.03. The molecule has 0 aliphatic rings. The van der Waals surface area contributed by atoms with Gasteiger partial charge in [-0.1, -0.05) is 24.6 Å². The number of alkyl halides is 1. The quantitative estimate of drug-likeness (QED) is 0.599. The van der Waals surface area contributed by atoms with Crippen molar-refractivity contribution in [2.75, 3.05) is 13.0 Å². The molecule has 0 aromatic heterocycles. The standard InChI is InChI=1S/C8H10O3S.C2H5Cl/c1-7-3-5-8(6-4-7)12(9,10)11-2;1-2-3/h3-6H,1-2H3;2H2,1H3. The average Bonchev–Trinajstić information content (AvgIpc) is 2.20. The van der Waals surface area contributed by atoms with E-state index in [4.69, 9.17) is 11.6 Å². The van der Waals surface area contributed by atoms with E-state index in [-0.39, 0.29) is 4.90 Å². The van der Waals surface area contributed by atoms with Gasteiger partial charge < -0.3 is 0 Å². The smallest absolute Gasteiger partial charge is 0.270 e. The summed E-state index contributed by atoms with van der Waals surface area (Å²) in [6, 6.07) is 6.50. The topological polar surface area (TPSA) is 43.4 Å². The summed E-state index contributed by atoms with van der Waals surface area (Å²) in [7, 11) is -2.37. The van der Waals surface area contributed by atoms with Crippen molar-refractivity contribution in [1.82, 2.24) is 0 Å². The average molecular weight is 251 g/mol. The lowest BCUT2D eigenvalue weighted by atomic mass is 10.2. The van der Waals surface area contributed by atoms with Gasteiger partial charge in [-0.3, -0.25) is 4.18 Å². The van der Waals surface area contributed by atoms with E-state index < -0.39 is 10.1 Å². The van der Waals surface area contributed by atoms with E-state index in [0.29, 0.717) is 0 Å². The summed E-state index contributed by atoms with van der Waals surface area (Å²) < 4.78 is 26.5. The Kier molecular flexibility index (Phi) is 6.56. The molecule has 1 aromatic rings. The van der Waals surface area contributed by atoms with Gasteiger partial charge in [0.15, 0.2) is 0 Å². The van der Waals surface area contributed by atoms with E-state index in [1.165, 1.54) is 12.1 Å². The van der Waals surface area contributed by atoms with Crippen LogP contribution in [0.3, 0.4) is 0 Å². The molecule has 0 saturated heterocycles. The molecule has 0 aliphatic carbocycles. The fraction of sp³-hybridized carbons (Fsp3) is 0.400. The van der Waals surface area contributed by atoms with Crippen LogP contribution < -0.4 is 0 Å². The maximum absolute atomic E-state index is 11.1. The van der Waals surface area contributed by atoms with Crippen LogP contribution in [0.25, 0.3) is 0 Å². The van der Waals surface area contributed by atoms with Crippen LogP contribution in [0.15, 0.2) is 29.2 Å². The highest BCUT2D eigenvalue weighted by Crippen LogP contribution is 2.11. The van der Waals surface area contributed by atoms with Crippen molar-refractivity contribution < 1.29 is 12.6 Å². The van der Waals surface area contributed by atoms with Gasteiger partial charge in [-0.2, -0.15) is 8.42 Å². The molecule has 0 fully saturated rings. The number of halogens is 1. The van der Waals surface area contributed by atoms with Crippen LogP contribution in [0.1, 0.15) is 12.5 Å². The molecule has 15 heavy (non-hydrogen) atoms. The summed E-state index contributed by atoms with van der Waals surface area (Å²) in [5, 5.41) is 0. The number of hydrogen-bond acceptors (Lipinski definition) is 3. The second-order valence-electron chi connectivity index (χ2n) is 2.70. The minimum Gasteiger partial charge on any atom is -0.270 e. The molecule has 5 heteroatoms. The predicted octanol–water partition coefficient (Wildman–Crippen LogP) is 2.58. The lowest BCUT2D eigenvalue weighted by molar-refractivity contribution is 0.398. The molecule has 0 bridgehead atoms. The van der Waals surface area contributed by atoms with Gasteiger partial charge >= 0.3 is 0 Å². The molecule has 1 aromatic carbocycles. The van der Waals surface area contributed by atoms with Gasteiger partial charge in [0.25, 0.3) is 10.1 Å². The van der Waals surface area contributed by atoms with Gasteiger partial charge in [0.05, 0.1) is 12.0 Å². The Morgan fingerprint density at radius 3 is 2.00 bits per heavy atom. The third-order valence-electron chi connectivity index (χ3n) is 1.53. The van der Waals surface area contributed by atoms with Gasteiger partial charge in [-0.05, 0) is 19.1 Å². The normalized spacial score (nSPS) is 10.4. The zero-order valence-corrected chi connectivity index (χ0v) is 10.6. The Morgan fingerprint density at radius 2 is 1.67 bits per heavy atom. The molecule has 0 unspecified atom stereocenters. The lowest BCUT2D eigenvalue weighted by Gasteiger charge is -2.00. The van der Waals surface area contributed by atoms with Crippen LogP contribution in [0.2, 0.25) is 0 Å². The largest absolute Gasteiger partial charge is 0.296 e. The van der Waals surface area contributed by atoms with Gasteiger partial charge in [-0.15, -0.1) is 11.6 Å². The van der Waals surface area contributed by atoms with Crippen molar-refractivity contribution in [3.8, 4) is 0 Å². The molecule has 0 amide bonds. The first-order valence-electron chi connectivity index (χ1n) is 4.41. The minimum atomic E-state index is -3.51. The Balaban J connectivity index is 0.000000583. The molecule has 0 N–H and O–H groups in total. The Hall–Kier alpha value is -0.580. The summed E-state index contributed by atoms with van der Waals surface area (Å²) in [5.74, 6) is 0.722. The maximum Gasteiger partial charge on any atom is 0.296 e. The Labute approximate surface area is 96.1 Å². The lowest BCUT2D eigenvalue weighted by Crippen LogP contribution is -2.02. The fourth-order valence-electron chi connectivity index (χ4n) is 0.801. The highest BCUT2D eigenvalue weighted by Gasteiger charge is 2.10. The first-order valence-corrected chi connectivity index (χ1v) is 6.35. The predicted molar refractivity (Wildman–Crippen MR) is 61.8 cm³/mol. The monoisotopic (exact) mass is 250 g/mol. The summed E-state index contributed by atoms with van der Waals surface area (Å²) in [4.78, 5) is 0.190. The molecule has 0 radical (unpaired) electrons. The van der Waals surface area contributed by atoms with E-state index in [9.17, 15) is 8.42 Å².